The average molecular weight is 469 g/mol. The molecule has 0 bridgehead atoms. The lowest BCUT2D eigenvalue weighted by atomic mass is 9.87. The highest BCUT2D eigenvalue weighted by Gasteiger charge is 2.30. The van der Waals surface area contributed by atoms with Gasteiger partial charge in [0.2, 0.25) is 0 Å². The number of carboxylic acid groups (broad SMARTS) is 1. The van der Waals surface area contributed by atoms with Crippen LogP contribution in [0.4, 0.5) is 9.59 Å². The summed E-state index contributed by atoms with van der Waals surface area (Å²) in [4.78, 5) is 47.0. The predicted molar refractivity (Wildman–Crippen MR) is 115 cm³/mol. The highest BCUT2D eigenvalue weighted by atomic mass is 16.7. The highest BCUT2D eigenvalue weighted by molar-refractivity contribution is 5.75. The monoisotopic (exact) mass is 469 g/mol. The average Bonchev–Trinajstić information content (AvgIpc) is 2.77. The molecule has 184 valence electrons. The molecule has 0 heterocycles. The Morgan fingerprint density at radius 1 is 1.00 bits per heavy atom. The molecule has 11 nitrogen and oxygen atoms in total. The van der Waals surface area contributed by atoms with Crippen molar-refractivity contribution in [3.63, 3.8) is 0 Å². The zero-order valence-corrected chi connectivity index (χ0v) is 19.4. The highest BCUT2D eigenvalue weighted by Crippen LogP contribution is 2.35. The fraction of sp³-hybridized carbons (Fsp3) is 0.545. The van der Waals surface area contributed by atoms with Gasteiger partial charge in [-0.25, -0.2) is 9.59 Å². The van der Waals surface area contributed by atoms with Gasteiger partial charge in [-0.2, -0.15) is 0 Å². The molecule has 0 aliphatic rings. The van der Waals surface area contributed by atoms with E-state index in [1.807, 2.05) is 6.92 Å². The summed E-state index contributed by atoms with van der Waals surface area (Å²) in [6.07, 6.45) is -1.23. The first-order valence-corrected chi connectivity index (χ1v) is 10.4. The van der Waals surface area contributed by atoms with Crippen molar-refractivity contribution < 1.29 is 48.0 Å². The molecule has 0 aliphatic heterocycles. The van der Waals surface area contributed by atoms with E-state index in [1.54, 1.807) is 13.8 Å². The standard InChI is InChI=1S/C22H31NO10/c1-6-7-12(2)20(26)31-13(3)10-15(18(23)19(24)25)14-8-9-16(32-21(27)29-4)17(11-14)33-22(28)30-5/h8-9,11-13,15,18H,6-7,10,23H2,1-5H3,(H,24,25)/t12?,13?,15?,18-/m0/s1. The van der Waals surface area contributed by atoms with E-state index in [4.69, 9.17) is 19.9 Å². The van der Waals surface area contributed by atoms with Gasteiger partial charge < -0.3 is 34.5 Å². The molecule has 0 aliphatic carbocycles. The van der Waals surface area contributed by atoms with Crippen LogP contribution < -0.4 is 15.2 Å². The Morgan fingerprint density at radius 3 is 2.09 bits per heavy atom. The van der Waals surface area contributed by atoms with Gasteiger partial charge in [0.05, 0.1) is 26.2 Å². The van der Waals surface area contributed by atoms with Crippen LogP contribution in [0, 0.1) is 5.92 Å². The summed E-state index contributed by atoms with van der Waals surface area (Å²) < 4.78 is 24.4. The Bertz CT molecular complexity index is 840. The van der Waals surface area contributed by atoms with E-state index in [9.17, 15) is 24.3 Å². The molecule has 4 atom stereocenters. The number of nitrogens with two attached hydrogens (primary N) is 1. The minimum absolute atomic E-state index is 0.0763. The largest absolute Gasteiger partial charge is 0.513 e. The molecule has 0 saturated heterocycles. The molecular formula is C22H31NO10. The van der Waals surface area contributed by atoms with E-state index in [2.05, 4.69) is 9.47 Å². The number of carbonyl (C=O) groups excluding carboxylic acids is 3. The van der Waals surface area contributed by atoms with Gasteiger partial charge in [0, 0.05) is 5.92 Å². The molecule has 0 saturated carbocycles. The number of esters is 1. The Kier molecular flexibility index (Phi) is 11.1. The first kappa shape index (κ1) is 27.7. The molecule has 3 N–H and O–H groups in total. The molecular weight excluding hydrogens is 438 g/mol. The van der Waals surface area contributed by atoms with Crippen molar-refractivity contribution in [3.05, 3.63) is 23.8 Å². The lowest BCUT2D eigenvalue weighted by molar-refractivity contribution is -0.153. The van der Waals surface area contributed by atoms with Crippen LogP contribution in [0.15, 0.2) is 18.2 Å². The first-order valence-electron chi connectivity index (χ1n) is 10.4. The van der Waals surface area contributed by atoms with Crippen molar-refractivity contribution in [3.8, 4) is 11.5 Å². The number of hydrogen-bond acceptors (Lipinski definition) is 10. The first-order chi connectivity index (χ1) is 15.5. The summed E-state index contributed by atoms with van der Waals surface area (Å²) in [5, 5.41) is 9.50. The summed E-state index contributed by atoms with van der Waals surface area (Å²) in [6.45, 7) is 5.35. The quantitative estimate of drug-likeness (QED) is 0.278. The Balaban J connectivity index is 3.25. The molecule has 1 aromatic rings. The van der Waals surface area contributed by atoms with Crippen LogP contribution in [0.3, 0.4) is 0 Å². The summed E-state index contributed by atoms with van der Waals surface area (Å²) in [5.74, 6) is -3.16. The van der Waals surface area contributed by atoms with Gasteiger partial charge in [0.15, 0.2) is 11.5 Å². The summed E-state index contributed by atoms with van der Waals surface area (Å²) in [6, 6.07) is 2.70. The van der Waals surface area contributed by atoms with E-state index in [1.165, 1.54) is 18.2 Å². The Morgan fingerprint density at radius 2 is 1.58 bits per heavy atom. The Labute approximate surface area is 192 Å². The minimum Gasteiger partial charge on any atom is -0.480 e. The van der Waals surface area contributed by atoms with Gasteiger partial charge in [-0.3, -0.25) is 9.59 Å². The van der Waals surface area contributed by atoms with Gasteiger partial charge in [-0.1, -0.05) is 26.3 Å². The number of rotatable bonds is 11. The molecule has 0 spiro atoms. The molecule has 11 heteroatoms. The molecule has 0 radical (unpaired) electrons. The fourth-order valence-electron chi connectivity index (χ4n) is 3.12. The summed E-state index contributed by atoms with van der Waals surface area (Å²) in [7, 11) is 2.19. The molecule has 0 aromatic heterocycles. The Hall–Kier alpha value is -3.34. The third-order valence-electron chi connectivity index (χ3n) is 4.86. The van der Waals surface area contributed by atoms with Gasteiger partial charge in [-0.05, 0) is 37.5 Å². The van der Waals surface area contributed by atoms with Crippen LogP contribution in [-0.2, 0) is 23.8 Å². The molecule has 33 heavy (non-hydrogen) atoms. The van der Waals surface area contributed by atoms with Crippen molar-refractivity contribution in [2.24, 2.45) is 11.7 Å². The van der Waals surface area contributed by atoms with E-state index in [0.717, 1.165) is 20.6 Å². The summed E-state index contributed by atoms with van der Waals surface area (Å²) >= 11 is 0. The number of carboxylic acids is 1. The number of carbonyl (C=O) groups is 4. The maximum atomic E-state index is 12.2. The third-order valence-corrected chi connectivity index (χ3v) is 4.86. The zero-order chi connectivity index (χ0) is 25.1. The second-order valence-corrected chi connectivity index (χ2v) is 7.46. The van der Waals surface area contributed by atoms with E-state index >= 15 is 0 Å². The third kappa shape index (κ3) is 8.60. The molecule has 0 amide bonds. The van der Waals surface area contributed by atoms with Gasteiger partial charge in [-0.15, -0.1) is 0 Å². The zero-order valence-electron chi connectivity index (χ0n) is 19.4. The van der Waals surface area contributed by atoms with Crippen molar-refractivity contribution in [1.82, 2.24) is 0 Å². The van der Waals surface area contributed by atoms with Gasteiger partial charge >= 0.3 is 24.2 Å². The maximum absolute atomic E-state index is 12.2. The predicted octanol–water partition coefficient (Wildman–Crippen LogP) is 3.23. The van der Waals surface area contributed by atoms with Gasteiger partial charge in [0.25, 0.3) is 0 Å². The molecule has 3 unspecified atom stereocenters. The second kappa shape index (κ2) is 13.3. The van der Waals surface area contributed by atoms with Crippen LogP contribution in [0.1, 0.15) is 51.5 Å². The van der Waals surface area contributed by atoms with Crippen LogP contribution in [-0.4, -0.2) is 55.7 Å². The number of ether oxygens (including phenoxy) is 5. The summed E-state index contributed by atoms with van der Waals surface area (Å²) in [5.41, 5.74) is 6.27. The van der Waals surface area contributed by atoms with E-state index in [-0.39, 0.29) is 29.8 Å². The van der Waals surface area contributed by atoms with Crippen molar-refractivity contribution >= 4 is 24.2 Å². The molecule has 1 rings (SSSR count). The SMILES string of the molecule is CCCC(C)C(=O)OC(C)CC(c1ccc(OC(=O)OC)c(OC(=O)OC)c1)[C@H](N)C(=O)O. The van der Waals surface area contributed by atoms with E-state index < -0.39 is 36.3 Å². The number of methoxy groups -OCH3 is 2. The van der Waals surface area contributed by atoms with Crippen LogP contribution in [0.25, 0.3) is 0 Å². The molecule has 1 aromatic carbocycles. The number of benzene rings is 1. The van der Waals surface area contributed by atoms with Crippen LogP contribution in [0.5, 0.6) is 11.5 Å². The lowest BCUT2D eigenvalue weighted by Crippen LogP contribution is -2.38. The molecule has 0 fully saturated rings. The normalized spacial score (nSPS) is 14.2. The van der Waals surface area contributed by atoms with Crippen molar-refractivity contribution in [2.45, 2.75) is 58.1 Å². The topological polar surface area (TPSA) is 161 Å². The number of aliphatic carboxylic acids is 1. The smallest absolute Gasteiger partial charge is 0.480 e. The lowest BCUT2D eigenvalue weighted by Gasteiger charge is -2.26. The van der Waals surface area contributed by atoms with Crippen molar-refractivity contribution in [2.75, 3.05) is 14.2 Å². The van der Waals surface area contributed by atoms with Crippen LogP contribution in [0.2, 0.25) is 0 Å². The van der Waals surface area contributed by atoms with Crippen molar-refractivity contribution in [1.29, 1.82) is 0 Å². The van der Waals surface area contributed by atoms with E-state index in [0.29, 0.717) is 12.0 Å². The fourth-order valence-corrected chi connectivity index (χ4v) is 3.12. The second-order valence-electron chi connectivity index (χ2n) is 7.46. The number of hydrogen-bond donors (Lipinski definition) is 2. The minimum atomic E-state index is -1.36. The van der Waals surface area contributed by atoms with Crippen LogP contribution >= 0.6 is 0 Å². The maximum Gasteiger partial charge on any atom is 0.513 e. The van der Waals surface area contributed by atoms with Gasteiger partial charge in [0.1, 0.15) is 6.04 Å².